The van der Waals surface area contributed by atoms with Gasteiger partial charge in [-0.05, 0) is 25.5 Å². The number of rotatable bonds is 6. The van der Waals surface area contributed by atoms with Crippen LogP contribution < -0.4 is 11.1 Å². The number of nitrogens with zero attached hydrogens (tertiary/aromatic N) is 1. The van der Waals surface area contributed by atoms with E-state index in [1.807, 2.05) is 6.92 Å². The zero-order chi connectivity index (χ0) is 13.5. The van der Waals surface area contributed by atoms with Gasteiger partial charge in [0.1, 0.15) is 0 Å². The highest BCUT2D eigenvalue weighted by Gasteiger charge is 2.10. The maximum atomic E-state index is 11.9. The summed E-state index contributed by atoms with van der Waals surface area (Å²) in [6, 6.07) is 3.33. The predicted molar refractivity (Wildman–Crippen MR) is 72.6 cm³/mol. The van der Waals surface area contributed by atoms with Crippen LogP contribution in [0.5, 0.6) is 0 Å². The highest BCUT2D eigenvalue weighted by atomic mass is 32.2. The van der Waals surface area contributed by atoms with Gasteiger partial charge < -0.3 is 11.1 Å². The average Bonchev–Trinajstić information content (AvgIpc) is 2.36. The Morgan fingerprint density at radius 2 is 2.33 bits per heavy atom. The first-order chi connectivity index (χ1) is 8.52. The molecule has 1 amide bonds. The van der Waals surface area contributed by atoms with Crippen molar-refractivity contribution in [2.45, 2.75) is 25.9 Å². The summed E-state index contributed by atoms with van der Waals surface area (Å²) in [7, 11) is -0.828. The molecule has 0 aromatic carbocycles. The molecule has 2 atom stereocenters. The second-order valence-corrected chi connectivity index (χ2v) is 5.74. The van der Waals surface area contributed by atoms with E-state index in [2.05, 4.69) is 10.3 Å². The van der Waals surface area contributed by atoms with Crippen LogP contribution in [0.15, 0.2) is 18.3 Å². The molecule has 0 aliphatic rings. The highest BCUT2D eigenvalue weighted by Crippen LogP contribution is 2.03. The van der Waals surface area contributed by atoms with Gasteiger partial charge in [-0.1, -0.05) is 0 Å². The lowest BCUT2D eigenvalue weighted by atomic mass is 10.2. The number of nitrogens with one attached hydrogen (secondary N) is 1. The lowest BCUT2D eigenvalue weighted by molar-refractivity contribution is 0.0939. The monoisotopic (exact) mass is 269 g/mol. The first-order valence-electron chi connectivity index (χ1n) is 5.78. The van der Waals surface area contributed by atoms with Gasteiger partial charge in [0, 0.05) is 47.2 Å². The van der Waals surface area contributed by atoms with E-state index in [4.69, 9.17) is 5.73 Å². The molecule has 0 spiro atoms. The lowest BCUT2D eigenvalue weighted by Gasteiger charge is -2.13. The number of pyridine rings is 1. The van der Waals surface area contributed by atoms with Gasteiger partial charge in [-0.3, -0.25) is 14.0 Å². The van der Waals surface area contributed by atoms with Crippen LogP contribution in [0.3, 0.4) is 0 Å². The number of aromatic nitrogens is 1. The topological polar surface area (TPSA) is 85.1 Å². The zero-order valence-electron chi connectivity index (χ0n) is 10.7. The van der Waals surface area contributed by atoms with Gasteiger partial charge in [0.05, 0.1) is 5.69 Å². The summed E-state index contributed by atoms with van der Waals surface area (Å²) >= 11 is 0. The Kier molecular flexibility index (Phi) is 5.94. The number of carbonyl (C=O) groups is 1. The molecule has 0 fully saturated rings. The molecule has 0 saturated heterocycles. The van der Waals surface area contributed by atoms with Crippen molar-refractivity contribution in [1.82, 2.24) is 10.3 Å². The van der Waals surface area contributed by atoms with Gasteiger partial charge in [0.15, 0.2) is 0 Å². The van der Waals surface area contributed by atoms with Crippen molar-refractivity contribution in [3.05, 3.63) is 29.6 Å². The Morgan fingerprint density at radius 1 is 1.61 bits per heavy atom. The Morgan fingerprint density at radius 3 is 2.94 bits per heavy atom. The van der Waals surface area contributed by atoms with Crippen molar-refractivity contribution in [1.29, 1.82) is 0 Å². The maximum Gasteiger partial charge on any atom is 0.251 e. The minimum atomic E-state index is -0.828. The van der Waals surface area contributed by atoms with E-state index in [1.54, 1.807) is 24.6 Å². The Hall–Kier alpha value is -1.27. The minimum Gasteiger partial charge on any atom is -0.350 e. The fourth-order valence-electron chi connectivity index (χ4n) is 1.45. The molecule has 0 radical (unpaired) electrons. The van der Waals surface area contributed by atoms with E-state index in [9.17, 15) is 9.00 Å². The van der Waals surface area contributed by atoms with Crippen LogP contribution in [0.4, 0.5) is 0 Å². The van der Waals surface area contributed by atoms with Crippen molar-refractivity contribution in [2.24, 2.45) is 5.73 Å². The van der Waals surface area contributed by atoms with E-state index in [-0.39, 0.29) is 11.9 Å². The molecule has 1 rings (SSSR count). The van der Waals surface area contributed by atoms with Gasteiger partial charge >= 0.3 is 0 Å². The average molecular weight is 269 g/mol. The van der Waals surface area contributed by atoms with Crippen molar-refractivity contribution in [2.75, 3.05) is 12.0 Å². The predicted octanol–water partition coefficient (Wildman–Crippen LogP) is 0.427. The van der Waals surface area contributed by atoms with Gasteiger partial charge in [0.2, 0.25) is 0 Å². The second kappa shape index (κ2) is 7.23. The molecular formula is C12H19N3O2S. The van der Waals surface area contributed by atoms with Gasteiger partial charge in [-0.15, -0.1) is 0 Å². The van der Waals surface area contributed by atoms with Crippen molar-refractivity contribution in [3.8, 4) is 0 Å². The molecule has 0 bridgehead atoms. The van der Waals surface area contributed by atoms with Crippen LogP contribution in [-0.4, -0.2) is 33.2 Å². The van der Waals surface area contributed by atoms with E-state index < -0.39 is 10.8 Å². The molecule has 0 aliphatic carbocycles. The summed E-state index contributed by atoms with van der Waals surface area (Å²) in [6.07, 6.45) is 3.93. The molecule has 5 nitrogen and oxygen atoms in total. The summed E-state index contributed by atoms with van der Waals surface area (Å²) < 4.78 is 11.0. The van der Waals surface area contributed by atoms with Crippen molar-refractivity contribution in [3.63, 3.8) is 0 Å². The van der Waals surface area contributed by atoms with Crippen LogP contribution in [-0.2, 0) is 17.3 Å². The number of nitrogens with two attached hydrogens (primary N) is 1. The van der Waals surface area contributed by atoms with E-state index in [0.717, 1.165) is 0 Å². The fourth-order valence-corrected chi connectivity index (χ4v) is 2.14. The number of hydrogen-bond acceptors (Lipinski definition) is 4. The normalized spacial score (nSPS) is 13.9. The van der Waals surface area contributed by atoms with E-state index >= 15 is 0 Å². The van der Waals surface area contributed by atoms with Gasteiger partial charge in [0.25, 0.3) is 5.91 Å². The summed E-state index contributed by atoms with van der Waals surface area (Å²) in [5, 5.41) is 2.86. The molecular weight excluding hydrogens is 250 g/mol. The quantitative estimate of drug-likeness (QED) is 0.784. The minimum absolute atomic E-state index is 0.00380. The zero-order valence-corrected chi connectivity index (χ0v) is 11.5. The summed E-state index contributed by atoms with van der Waals surface area (Å²) in [5.41, 5.74) is 6.71. The van der Waals surface area contributed by atoms with Crippen LogP contribution in [0.2, 0.25) is 0 Å². The molecule has 2 unspecified atom stereocenters. The van der Waals surface area contributed by atoms with Crippen molar-refractivity contribution >= 4 is 16.7 Å². The molecule has 0 saturated carbocycles. The third kappa shape index (κ3) is 4.93. The summed E-state index contributed by atoms with van der Waals surface area (Å²) in [6.45, 7) is 2.21. The fraction of sp³-hybridized carbons (Fsp3) is 0.500. The number of hydrogen-bond donors (Lipinski definition) is 2. The summed E-state index contributed by atoms with van der Waals surface area (Å²) in [4.78, 5) is 15.9. The summed E-state index contributed by atoms with van der Waals surface area (Å²) in [5.74, 6) is 0.438. The van der Waals surface area contributed by atoms with Crippen LogP contribution in [0.25, 0.3) is 0 Å². The second-order valence-electron chi connectivity index (χ2n) is 4.18. The first kappa shape index (κ1) is 14.8. The van der Waals surface area contributed by atoms with Crippen molar-refractivity contribution < 1.29 is 9.00 Å². The van der Waals surface area contributed by atoms with Crippen LogP contribution >= 0.6 is 0 Å². The van der Waals surface area contributed by atoms with Gasteiger partial charge in [-0.25, -0.2) is 0 Å². The molecule has 0 aliphatic heterocycles. The third-order valence-corrected chi connectivity index (χ3v) is 3.31. The lowest BCUT2D eigenvalue weighted by Crippen LogP contribution is -2.33. The standard InChI is InChI=1S/C12H19N3O2S/c1-9(4-6-18(2)17)15-12(16)10-3-5-14-11(7-10)8-13/h3,5,7,9H,4,6,8,13H2,1-2H3,(H,15,16). The van der Waals surface area contributed by atoms with Gasteiger partial charge in [-0.2, -0.15) is 0 Å². The first-order valence-corrected chi connectivity index (χ1v) is 7.51. The Balaban J connectivity index is 2.56. The molecule has 1 aromatic rings. The smallest absolute Gasteiger partial charge is 0.251 e. The molecule has 6 heteroatoms. The molecule has 3 N–H and O–H groups in total. The molecule has 100 valence electrons. The molecule has 1 aromatic heterocycles. The Labute approximate surface area is 110 Å². The van der Waals surface area contributed by atoms with E-state index in [1.165, 1.54) is 0 Å². The van der Waals surface area contributed by atoms with Crippen LogP contribution in [0, 0.1) is 0 Å². The largest absolute Gasteiger partial charge is 0.350 e. The van der Waals surface area contributed by atoms with Crippen LogP contribution in [0.1, 0.15) is 29.4 Å². The van der Waals surface area contributed by atoms with E-state index in [0.29, 0.717) is 30.0 Å². The number of amides is 1. The molecule has 1 heterocycles. The highest BCUT2D eigenvalue weighted by molar-refractivity contribution is 7.84. The maximum absolute atomic E-state index is 11.9. The third-order valence-electron chi connectivity index (χ3n) is 2.50. The SMILES string of the molecule is CC(CCS(C)=O)NC(=O)c1ccnc(CN)c1. The molecule has 18 heavy (non-hydrogen) atoms. The number of carbonyl (C=O) groups excluding carboxylic acids is 1. The Bertz CT molecular complexity index is 437.